The Morgan fingerprint density at radius 3 is 2.56 bits per heavy atom. The van der Waals surface area contributed by atoms with Crippen LogP contribution in [0.4, 0.5) is 0 Å². The summed E-state index contributed by atoms with van der Waals surface area (Å²) in [4.78, 5) is 6.38. The lowest BCUT2D eigenvalue weighted by Crippen LogP contribution is -2.67. The van der Waals surface area contributed by atoms with Gasteiger partial charge < -0.3 is 9.67 Å². The minimum atomic E-state index is -3.66. The number of aliphatic hydroxyl groups excluding tert-OH is 1. The predicted molar refractivity (Wildman–Crippen MR) is 121 cm³/mol. The van der Waals surface area contributed by atoms with Crippen LogP contribution in [-0.2, 0) is 17.1 Å². The van der Waals surface area contributed by atoms with Crippen LogP contribution in [0.5, 0.6) is 0 Å². The zero-order valence-electron chi connectivity index (χ0n) is 18.4. The van der Waals surface area contributed by atoms with Crippen molar-refractivity contribution in [3.63, 3.8) is 0 Å². The lowest BCUT2D eigenvalue weighted by Gasteiger charge is -2.57. The van der Waals surface area contributed by atoms with Crippen molar-refractivity contribution in [2.45, 2.75) is 48.7 Å². The first-order chi connectivity index (χ1) is 15.5. The van der Waals surface area contributed by atoms with Crippen LogP contribution in [0.25, 0.3) is 0 Å². The van der Waals surface area contributed by atoms with E-state index in [1.54, 1.807) is 22.1 Å². The van der Waals surface area contributed by atoms with Crippen molar-refractivity contribution in [3.8, 4) is 11.8 Å². The van der Waals surface area contributed by atoms with Crippen LogP contribution in [0.1, 0.15) is 42.7 Å². The van der Waals surface area contributed by atoms with Crippen LogP contribution in [-0.4, -0.2) is 70.6 Å². The Balaban J connectivity index is 1.39. The molecule has 0 spiro atoms. The molecule has 32 heavy (non-hydrogen) atoms. The smallest absolute Gasteiger partial charge is 0.262 e. The van der Waals surface area contributed by atoms with Crippen molar-refractivity contribution in [1.82, 2.24) is 18.8 Å². The summed E-state index contributed by atoms with van der Waals surface area (Å²) in [5.41, 5.74) is 2.15. The van der Waals surface area contributed by atoms with E-state index in [9.17, 15) is 13.5 Å². The monoisotopic (exact) mass is 454 g/mol. The number of hydrogen-bond donors (Lipinski definition) is 1. The zero-order valence-corrected chi connectivity index (χ0v) is 19.2. The van der Waals surface area contributed by atoms with Gasteiger partial charge in [0, 0.05) is 55.8 Å². The van der Waals surface area contributed by atoms with Gasteiger partial charge in [0.15, 0.2) is 5.03 Å². The van der Waals surface area contributed by atoms with Crippen molar-refractivity contribution in [2.24, 2.45) is 13.0 Å². The molecule has 0 bridgehead atoms. The number of imidazole rings is 1. The molecule has 8 heteroatoms. The maximum atomic E-state index is 13.3. The van der Waals surface area contributed by atoms with E-state index in [2.05, 4.69) is 33.9 Å². The molecule has 170 valence electrons. The number of fused-ring (bicyclic) bond motifs is 1. The van der Waals surface area contributed by atoms with E-state index in [-0.39, 0.29) is 29.6 Å². The second-order valence-electron chi connectivity index (χ2n) is 9.19. The lowest BCUT2D eigenvalue weighted by atomic mass is 9.74. The van der Waals surface area contributed by atoms with Crippen molar-refractivity contribution in [1.29, 1.82) is 0 Å². The average molecular weight is 455 g/mol. The average Bonchev–Trinajstić information content (AvgIpc) is 3.49. The fourth-order valence-corrected chi connectivity index (χ4v) is 6.45. The van der Waals surface area contributed by atoms with Gasteiger partial charge in [-0.1, -0.05) is 24.0 Å². The van der Waals surface area contributed by atoms with E-state index in [0.29, 0.717) is 19.0 Å². The molecule has 1 N–H and O–H groups in total. The van der Waals surface area contributed by atoms with E-state index >= 15 is 0 Å². The molecule has 3 aliphatic rings. The fourth-order valence-electron chi connectivity index (χ4n) is 4.98. The van der Waals surface area contributed by atoms with Gasteiger partial charge in [0.2, 0.25) is 0 Å². The van der Waals surface area contributed by atoms with Gasteiger partial charge in [-0.05, 0) is 49.9 Å². The van der Waals surface area contributed by atoms with Crippen molar-refractivity contribution < 1.29 is 13.5 Å². The largest absolute Gasteiger partial charge is 0.395 e. The second kappa shape index (κ2) is 8.64. The first-order valence-corrected chi connectivity index (χ1v) is 12.9. The number of hydrogen-bond acceptors (Lipinski definition) is 5. The third kappa shape index (κ3) is 4.11. The fraction of sp³-hybridized carbons (Fsp3) is 0.542. The van der Waals surface area contributed by atoms with Gasteiger partial charge in [0.25, 0.3) is 10.0 Å². The molecule has 3 atom stereocenters. The van der Waals surface area contributed by atoms with Gasteiger partial charge in [-0.2, -0.15) is 4.31 Å². The van der Waals surface area contributed by atoms with E-state index < -0.39 is 10.0 Å². The molecule has 1 saturated carbocycles. The molecule has 3 fully saturated rings. The Morgan fingerprint density at radius 2 is 1.91 bits per heavy atom. The highest BCUT2D eigenvalue weighted by molar-refractivity contribution is 7.89. The zero-order chi connectivity index (χ0) is 22.3. The normalized spacial score (nSPS) is 26.9. The van der Waals surface area contributed by atoms with Crippen LogP contribution >= 0.6 is 0 Å². The third-order valence-electron chi connectivity index (χ3n) is 6.91. The van der Waals surface area contributed by atoms with Crippen LogP contribution in [0.2, 0.25) is 0 Å². The maximum absolute atomic E-state index is 13.3. The summed E-state index contributed by atoms with van der Waals surface area (Å²) in [5, 5.41) is 10.2. The van der Waals surface area contributed by atoms with Crippen LogP contribution in [0.15, 0.2) is 41.8 Å². The van der Waals surface area contributed by atoms with Crippen LogP contribution < -0.4 is 0 Å². The molecular formula is C24H30N4O3S. The van der Waals surface area contributed by atoms with Gasteiger partial charge in [0.1, 0.15) is 0 Å². The summed E-state index contributed by atoms with van der Waals surface area (Å²) in [5.74, 6) is 7.19. The number of benzene rings is 1. The molecular weight excluding hydrogens is 424 g/mol. The molecule has 0 unspecified atom stereocenters. The van der Waals surface area contributed by atoms with Crippen molar-refractivity contribution >= 4 is 10.0 Å². The van der Waals surface area contributed by atoms with Gasteiger partial charge in [-0.25, -0.2) is 13.4 Å². The van der Waals surface area contributed by atoms with Crippen molar-refractivity contribution in [2.75, 3.05) is 26.2 Å². The first-order valence-electron chi connectivity index (χ1n) is 11.4. The minimum Gasteiger partial charge on any atom is -0.395 e. The number of nitrogens with zero attached hydrogens (tertiary/aromatic N) is 4. The number of rotatable bonds is 4. The highest BCUT2D eigenvalue weighted by Gasteiger charge is 2.50. The van der Waals surface area contributed by atoms with E-state index in [4.69, 9.17) is 0 Å². The standard InChI is InChI=1S/C24H30N4O3S/c1-26-15-23(25-17-26)32(30,31)27-12-2-3-13-28-21(14-27)24(22(28)16-29)20-10-8-19(9-11-20)7-6-18-4-5-18/h8-11,15,17-18,21-22,24,29H,2-5,12-14,16H2,1H3/t21-,22+,24+/m1/s1. The highest BCUT2D eigenvalue weighted by atomic mass is 32.2. The molecule has 0 amide bonds. The van der Waals surface area contributed by atoms with Gasteiger partial charge in [-0.15, -0.1) is 0 Å². The topological polar surface area (TPSA) is 78.7 Å². The maximum Gasteiger partial charge on any atom is 0.262 e. The molecule has 3 heterocycles. The first kappa shape index (κ1) is 21.7. The summed E-state index contributed by atoms with van der Waals surface area (Å²) < 4.78 is 29.8. The molecule has 1 aliphatic carbocycles. The summed E-state index contributed by atoms with van der Waals surface area (Å²) >= 11 is 0. The Kier molecular flexibility index (Phi) is 5.84. The number of aromatic nitrogens is 2. The molecule has 2 aromatic rings. The second-order valence-corrected chi connectivity index (χ2v) is 11.1. The Morgan fingerprint density at radius 1 is 1.16 bits per heavy atom. The molecule has 0 radical (unpaired) electrons. The Hall–Kier alpha value is -2.18. The highest BCUT2D eigenvalue weighted by Crippen LogP contribution is 2.42. The predicted octanol–water partition coefficient (Wildman–Crippen LogP) is 1.79. The molecule has 2 saturated heterocycles. The van der Waals surface area contributed by atoms with E-state index in [0.717, 1.165) is 30.5 Å². The van der Waals surface area contributed by atoms with Crippen LogP contribution in [0, 0.1) is 17.8 Å². The number of sulfonamides is 1. The summed E-state index contributed by atoms with van der Waals surface area (Å²) in [6.45, 7) is 1.85. The molecule has 2 aliphatic heterocycles. The van der Waals surface area contributed by atoms with E-state index in [1.807, 2.05) is 12.1 Å². The van der Waals surface area contributed by atoms with Gasteiger partial charge in [0.05, 0.1) is 12.9 Å². The molecule has 1 aromatic carbocycles. The quantitative estimate of drug-likeness (QED) is 0.713. The SMILES string of the molecule is Cn1cnc(S(=O)(=O)N2CCCCN3[C@H](C2)[C@H](c2ccc(C#CC4CC4)cc2)[C@@H]3CO)c1. The van der Waals surface area contributed by atoms with Crippen LogP contribution in [0.3, 0.4) is 0 Å². The Bertz CT molecular complexity index is 1130. The number of aryl methyl sites for hydroxylation is 1. The summed E-state index contributed by atoms with van der Waals surface area (Å²) in [6, 6.07) is 8.34. The molecule has 7 nitrogen and oxygen atoms in total. The molecule has 1 aromatic heterocycles. The Labute approximate surface area is 190 Å². The van der Waals surface area contributed by atoms with Gasteiger partial charge in [-0.3, -0.25) is 4.90 Å². The van der Waals surface area contributed by atoms with Crippen molar-refractivity contribution in [3.05, 3.63) is 47.9 Å². The minimum absolute atomic E-state index is 0.0147. The van der Waals surface area contributed by atoms with Gasteiger partial charge >= 0.3 is 0 Å². The molecule has 5 rings (SSSR count). The third-order valence-corrected chi connectivity index (χ3v) is 8.66. The van der Waals surface area contributed by atoms with E-state index in [1.165, 1.54) is 19.2 Å². The number of aliphatic hydroxyl groups is 1. The summed E-state index contributed by atoms with van der Waals surface area (Å²) in [6.07, 6.45) is 7.20. The summed E-state index contributed by atoms with van der Waals surface area (Å²) in [7, 11) is -1.88. The lowest BCUT2D eigenvalue weighted by molar-refractivity contribution is -0.0554.